The fraction of sp³-hybridized carbons (Fsp3) is 0.875. The second-order valence-electron chi connectivity index (χ2n) is 3.36. The molecule has 0 radical (unpaired) electrons. The van der Waals surface area contributed by atoms with Crippen LogP contribution in [0, 0.1) is 0 Å². The first-order chi connectivity index (χ1) is 5.72. The highest BCUT2D eigenvalue weighted by Gasteiger charge is 2.20. The molecular weight excluding hydrogens is 267 g/mol. The third-order valence-corrected chi connectivity index (χ3v) is 3.17. The maximum absolute atomic E-state index is 10.7. The largest absolute Gasteiger partial charge is 0.354 e. The molecule has 0 heterocycles. The summed E-state index contributed by atoms with van der Waals surface area (Å²) >= 11 is 2.20. The maximum atomic E-state index is 10.7. The minimum Gasteiger partial charge on any atom is -0.354 e. The standard InChI is InChI=1S/C8H15IN2O/c1-6(12)10-7-2-4-8(11-9)5-3-7/h7-8,11H,2-5H2,1H3,(H,10,12)/t7-,8-. The highest BCUT2D eigenvalue weighted by atomic mass is 127. The first-order valence-electron chi connectivity index (χ1n) is 4.35. The predicted molar refractivity (Wildman–Crippen MR) is 57.0 cm³/mol. The fourth-order valence-electron chi connectivity index (χ4n) is 1.63. The Labute approximate surface area is 87.2 Å². The average molecular weight is 282 g/mol. The van der Waals surface area contributed by atoms with E-state index in [4.69, 9.17) is 0 Å². The highest BCUT2D eigenvalue weighted by molar-refractivity contribution is 14.1. The normalized spacial score (nSPS) is 29.8. The number of carbonyl (C=O) groups is 1. The van der Waals surface area contributed by atoms with E-state index in [0.29, 0.717) is 12.1 Å². The van der Waals surface area contributed by atoms with Crippen LogP contribution in [0.1, 0.15) is 32.6 Å². The fourth-order valence-corrected chi connectivity index (χ4v) is 2.26. The Hall–Kier alpha value is 0.160. The molecule has 3 nitrogen and oxygen atoms in total. The van der Waals surface area contributed by atoms with Gasteiger partial charge in [0.1, 0.15) is 0 Å². The highest BCUT2D eigenvalue weighted by Crippen LogP contribution is 2.19. The molecule has 1 saturated carbocycles. The molecule has 1 aliphatic carbocycles. The van der Waals surface area contributed by atoms with Crippen molar-refractivity contribution in [1.29, 1.82) is 0 Å². The van der Waals surface area contributed by atoms with Gasteiger partial charge >= 0.3 is 0 Å². The molecule has 0 aromatic carbocycles. The van der Waals surface area contributed by atoms with Crippen molar-refractivity contribution < 1.29 is 4.79 Å². The van der Waals surface area contributed by atoms with Crippen molar-refractivity contribution in [3.63, 3.8) is 0 Å². The van der Waals surface area contributed by atoms with Gasteiger partial charge in [0, 0.05) is 41.9 Å². The van der Waals surface area contributed by atoms with Gasteiger partial charge in [-0.15, -0.1) is 0 Å². The van der Waals surface area contributed by atoms with Gasteiger partial charge in [-0.2, -0.15) is 0 Å². The van der Waals surface area contributed by atoms with Crippen LogP contribution in [0.25, 0.3) is 0 Å². The van der Waals surface area contributed by atoms with E-state index in [2.05, 4.69) is 31.7 Å². The van der Waals surface area contributed by atoms with Gasteiger partial charge in [0.05, 0.1) is 0 Å². The molecule has 4 heteroatoms. The van der Waals surface area contributed by atoms with Crippen LogP contribution >= 0.6 is 22.9 Å². The smallest absolute Gasteiger partial charge is 0.217 e. The van der Waals surface area contributed by atoms with E-state index in [9.17, 15) is 4.79 Å². The number of rotatable bonds is 2. The Bertz CT molecular complexity index is 155. The van der Waals surface area contributed by atoms with Gasteiger partial charge in [-0.1, -0.05) is 0 Å². The zero-order valence-corrected chi connectivity index (χ0v) is 9.43. The lowest BCUT2D eigenvalue weighted by atomic mass is 9.92. The SMILES string of the molecule is CC(=O)N[C@H]1CC[C@H](NI)CC1. The van der Waals surface area contributed by atoms with Crippen LogP contribution in [0.2, 0.25) is 0 Å². The van der Waals surface area contributed by atoms with Crippen LogP contribution in [-0.4, -0.2) is 18.0 Å². The van der Waals surface area contributed by atoms with Crippen molar-refractivity contribution >= 4 is 28.8 Å². The van der Waals surface area contributed by atoms with Crippen LogP contribution < -0.4 is 8.85 Å². The average Bonchev–Trinajstić information content (AvgIpc) is 2.05. The quantitative estimate of drug-likeness (QED) is 0.593. The molecule has 0 unspecified atom stereocenters. The number of hydrogen-bond donors (Lipinski definition) is 2. The molecule has 0 atom stereocenters. The van der Waals surface area contributed by atoms with E-state index in [1.165, 1.54) is 12.8 Å². The van der Waals surface area contributed by atoms with E-state index in [1.807, 2.05) is 0 Å². The van der Waals surface area contributed by atoms with E-state index >= 15 is 0 Å². The van der Waals surface area contributed by atoms with Crippen LogP contribution in [0.5, 0.6) is 0 Å². The lowest BCUT2D eigenvalue weighted by Crippen LogP contribution is -2.39. The van der Waals surface area contributed by atoms with Crippen LogP contribution in [0.15, 0.2) is 0 Å². The Kier molecular flexibility index (Phi) is 4.28. The van der Waals surface area contributed by atoms with Crippen LogP contribution in [0.4, 0.5) is 0 Å². The maximum Gasteiger partial charge on any atom is 0.217 e. The number of carbonyl (C=O) groups excluding carboxylic acids is 1. The molecule has 12 heavy (non-hydrogen) atoms. The summed E-state index contributed by atoms with van der Waals surface area (Å²) in [6.07, 6.45) is 4.57. The molecule has 70 valence electrons. The van der Waals surface area contributed by atoms with Crippen molar-refractivity contribution in [1.82, 2.24) is 8.85 Å². The number of nitrogens with one attached hydrogen (secondary N) is 2. The van der Waals surface area contributed by atoms with Crippen molar-refractivity contribution in [3.8, 4) is 0 Å². The first-order valence-corrected chi connectivity index (χ1v) is 5.43. The summed E-state index contributed by atoms with van der Waals surface area (Å²) in [4.78, 5) is 10.7. The van der Waals surface area contributed by atoms with E-state index in [-0.39, 0.29) is 5.91 Å². The molecule has 0 bridgehead atoms. The second-order valence-corrected chi connectivity index (χ2v) is 3.98. The van der Waals surface area contributed by atoms with Crippen LogP contribution in [0.3, 0.4) is 0 Å². The third-order valence-electron chi connectivity index (χ3n) is 2.29. The molecule has 1 fully saturated rings. The van der Waals surface area contributed by atoms with Crippen LogP contribution in [-0.2, 0) is 4.79 Å². The van der Waals surface area contributed by atoms with Gasteiger partial charge in [0.2, 0.25) is 5.91 Å². The summed E-state index contributed by atoms with van der Waals surface area (Å²) in [6.45, 7) is 1.59. The number of amides is 1. The molecule has 0 saturated heterocycles. The summed E-state index contributed by atoms with van der Waals surface area (Å²) in [5.41, 5.74) is 0. The monoisotopic (exact) mass is 282 g/mol. The third kappa shape index (κ3) is 3.26. The zero-order valence-electron chi connectivity index (χ0n) is 7.27. The number of hydrogen-bond acceptors (Lipinski definition) is 2. The predicted octanol–water partition coefficient (Wildman–Crippen LogP) is 1.37. The van der Waals surface area contributed by atoms with Crippen molar-refractivity contribution in [2.45, 2.75) is 44.7 Å². The molecule has 1 rings (SSSR count). The summed E-state index contributed by atoms with van der Waals surface area (Å²) < 4.78 is 3.24. The van der Waals surface area contributed by atoms with Crippen molar-refractivity contribution in [3.05, 3.63) is 0 Å². The lowest BCUT2D eigenvalue weighted by Gasteiger charge is -2.27. The van der Waals surface area contributed by atoms with Gasteiger partial charge in [0.25, 0.3) is 0 Å². The Balaban J connectivity index is 2.21. The Morgan fingerprint density at radius 2 is 1.75 bits per heavy atom. The molecule has 1 amide bonds. The Morgan fingerprint density at radius 1 is 1.25 bits per heavy atom. The molecule has 0 aromatic heterocycles. The first kappa shape index (κ1) is 10.2. The molecular formula is C8H15IN2O. The Morgan fingerprint density at radius 3 is 2.17 bits per heavy atom. The van der Waals surface area contributed by atoms with Gasteiger partial charge in [-0.25, -0.2) is 0 Å². The molecule has 1 aliphatic rings. The van der Waals surface area contributed by atoms with E-state index in [1.54, 1.807) is 6.92 Å². The van der Waals surface area contributed by atoms with Gasteiger partial charge in [-0.05, 0) is 25.7 Å². The minimum absolute atomic E-state index is 0.0980. The van der Waals surface area contributed by atoms with Crippen molar-refractivity contribution in [2.24, 2.45) is 0 Å². The summed E-state index contributed by atoms with van der Waals surface area (Å²) in [5, 5.41) is 2.96. The molecule has 2 N–H and O–H groups in total. The minimum atomic E-state index is 0.0980. The summed E-state index contributed by atoms with van der Waals surface area (Å²) in [6, 6.07) is 1.07. The molecule has 0 aliphatic heterocycles. The van der Waals surface area contributed by atoms with E-state index < -0.39 is 0 Å². The zero-order chi connectivity index (χ0) is 8.97. The van der Waals surface area contributed by atoms with Gasteiger partial charge in [0.15, 0.2) is 0 Å². The topological polar surface area (TPSA) is 41.1 Å². The molecule has 0 spiro atoms. The van der Waals surface area contributed by atoms with Crippen molar-refractivity contribution in [2.75, 3.05) is 0 Å². The van der Waals surface area contributed by atoms with Gasteiger partial charge < -0.3 is 5.32 Å². The van der Waals surface area contributed by atoms with E-state index in [0.717, 1.165) is 12.8 Å². The lowest BCUT2D eigenvalue weighted by molar-refractivity contribution is -0.119. The summed E-state index contributed by atoms with van der Waals surface area (Å²) in [7, 11) is 0. The summed E-state index contributed by atoms with van der Waals surface area (Å²) in [5.74, 6) is 0.0980. The number of halogens is 1. The van der Waals surface area contributed by atoms with Gasteiger partial charge in [-0.3, -0.25) is 8.32 Å². The molecule has 0 aromatic rings. The second kappa shape index (κ2) is 5.01.